The van der Waals surface area contributed by atoms with Crippen LogP contribution in [0.15, 0.2) is 18.2 Å². The first-order chi connectivity index (χ1) is 9.46. The Labute approximate surface area is 125 Å². The minimum Gasteiger partial charge on any atom is -0.508 e. The standard InChI is InChI=1S/C19H32O/c1-5-6-7-8-9-10-11-13-16-17(19(2,3)4)14-12-15-18(16)20/h12,14-15,20H,5-11,13H2,1-4H3. The second kappa shape index (κ2) is 8.34. The van der Waals surface area contributed by atoms with Gasteiger partial charge in [-0.1, -0.05) is 78.4 Å². The van der Waals surface area contributed by atoms with Gasteiger partial charge in [-0.2, -0.15) is 0 Å². The molecule has 1 heteroatoms. The van der Waals surface area contributed by atoms with E-state index < -0.39 is 0 Å². The molecule has 0 atom stereocenters. The van der Waals surface area contributed by atoms with Gasteiger partial charge in [0.05, 0.1) is 0 Å². The summed E-state index contributed by atoms with van der Waals surface area (Å²) in [5.74, 6) is 0.475. The van der Waals surface area contributed by atoms with Crippen LogP contribution in [0.4, 0.5) is 0 Å². The fourth-order valence-electron chi connectivity index (χ4n) is 2.80. The van der Waals surface area contributed by atoms with Crippen LogP contribution in [0.3, 0.4) is 0 Å². The lowest BCUT2D eigenvalue weighted by Gasteiger charge is -2.23. The van der Waals surface area contributed by atoms with Crippen molar-refractivity contribution in [2.45, 2.75) is 84.5 Å². The number of hydrogen-bond donors (Lipinski definition) is 1. The zero-order chi connectivity index (χ0) is 15.0. The van der Waals surface area contributed by atoms with Crippen molar-refractivity contribution in [2.24, 2.45) is 0 Å². The van der Waals surface area contributed by atoms with Crippen LogP contribution >= 0.6 is 0 Å². The number of hydrogen-bond acceptors (Lipinski definition) is 1. The van der Waals surface area contributed by atoms with Gasteiger partial charge in [0.2, 0.25) is 0 Å². The molecule has 0 aliphatic heterocycles. The Morgan fingerprint density at radius 1 is 0.900 bits per heavy atom. The third-order valence-electron chi connectivity index (χ3n) is 3.99. The van der Waals surface area contributed by atoms with Crippen molar-refractivity contribution in [3.63, 3.8) is 0 Å². The van der Waals surface area contributed by atoms with E-state index in [-0.39, 0.29) is 5.41 Å². The molecule has 1 aromatic carbocycles. The van der Waals surface area contributed by atoms with Crippen molar-refractivity contribution >= 4 is 0 Å². The van der Waals surface area contributed by atoms with Crippen molar-refractivity contribution in [1.29, 1.82) is 0 Å². The Morgan fingerprint density at radius 3 is 2.10 bits per heavy atom. The molecule has 1 N–H and O–H groups in total. The average molecular weight is 276 g/mol. The van der Waals surface area contributed by atoms with Crippen LogP contribution < -0.4 is 0 Å². The molecule has 0 bridgehead atoms. The average Bonchev–Trinajstić information content (AvgIpc) is 2.38. The van der Waals surface area contributed by atoms with E-state index in [9.17, 15) is 5.11 Å². The van der Waals surface area contributed by atoms with Gasteiger partial charge in [0.15, 0.2) is 0 Å². The van der Waals surface area contributed by atoms with Gasteiger partial charge in [0.1, 0.15) is 5.75 Å². The van der Waals surface area contributed by atoms with Crippen LogP contribution in [0.25, 0.3) is 0 Å². The Hall–Kier alpha value is -0.980. The molecule has 0 spiro atoms. The van der Waals surface area contributed by atoms with Crippen molar-refractivity contribution in [1.82, 2.24) is 0 Å². The van der Waals surface area contributed by atoms with Crippen LogP contribution in [0.1, 0.15) is 83.8 Å². The summed E-state index contributed by atoms with van der Waals surface area (Å²) in [6, 6.07) is 5.95. The predicted octanol–water partition coefficient (Wildman–Crippen LogP) is 5.98. The third kappa shape index (κ3) is 5.56. The van der Waals surface area contributed by atoms with E-state index in [1.165, 1.54) is 50.5 Å². The van der Waals surface area contributed by atoms with Crippen LogP contribution in [-0.2, 0) is 11.8 Å². The first kappa shape index (κ1) is 17.1. The van der Waals surface area contributed by atoms with E-state index in [1.807, 2.05) is 12.1 Å². The van der Waals surface area contributed by atoms with Crippen molar-refractivity contribution in [3.8, 4) is 5.75 Å². The molecular weight excluding hydrogens is 244 g/mol. The Balaban J connectivity index is 2.47. The SMILES string of the molecule is CCCCCCCCCc1c(O)cccc1C(C)(C)C. The highest BCUT2D eigenvalue weighted by Gasteiger charge is 2.19. The highest BCUT2D eigenvalue weighted by Crippen LogP contribution is 2.32. The lowest BCUT2D eigenvalue weighted by Crippen LogP contribution is -2.14. The van der Waals surface area contributed by atoms with E-state index in [0.717, 1.165) is 12.0 Å². The molecule has 1 aromatic rings. The van der Waals surface area contributed by atoms with Gasteiger partial charge in [0.25, 0.3) is 0 Å². The maximum absolute atomic E-state index is 10.1. The van der Waals surface area contributed by atoms with Crippen molar-refractivity contribution in [3.05, 3.63) is 29.3 Å². The van der Waals surface area contributed by atoms with Gasteiger partial charge in [-0.05, 0) is 35.4 Å². The molecule has 0 aliphatic carbocycles. The van der Waals surface area contributed by atoms with Gasteiger partial charge in [-0.15, -0.1) is 0 Å². The van der Waals surface area contributed by atoms with Crippen LogP contribution in [0.2, 0.25) is 0 Å². The fourth-order valence-corrected chi connectivity index (χ4v) is 2.80. The summed E-state index contributed by atoms with van der Waals surface area (Å²) in [6.45, 7) is 8.91. The molecule has 0 unspecified atom stereocenters. The minimum atomic E-state index is 0.106. The zero-order valence-corrected chi connectivity index (χ0v) is 13.8. The number of rotatable bonds is 8. The predicted molar refractivity (Wildman–Crippen MR) is 88.5 cm³/mol. The fraction of sp³-hybridized carbons (Fsp3) is 0.684. The molecule has 0 fully saturated rings. The van der Waals surface area contributed by atoms with E-state index >= 15 is 0 Å². The molecule has 0 heterocycles. The third-order valence-corrected chi connectivity index (χ3v) is 3.99. The second-order valence-electron chi connectivity index (χ2n) is 6.92. The first-order valence-corrected chi connectivity index (χ1v) is 8.28. The maximum atomic E-state index is 10.1. The van der Waals surface area contributed by atoms with Crippen molar-refractivity contribution in [2.75, 3.05) is 0 Å². The number of unbranched alkanes of at least 4 members (excludes halogenated alkanes) is 6. The van der Waals surface area contributed by atoms with Gasteiger partial charge in [-0.25, -0.2) is 0 Å². The Morgan fingerprint density at radius 2 is 1.50 bits per heavy atom. The lowest BCUT2D eigenvalue weighted by atomic mass is 9.82. The molecule has 1 nitrogen and oxygen atoms in total. The normalized spacial score (nSPS) is 11.8. The maximum Gasteiger partial charge on any atom is 0.119 e. The number of benzene rings is 1. The summed E-state index contributed by atoms with van der Waals surface area (Å²) >= 11 is 0. The van der Waals surface area contributed by atoms with Gasteiger partial charge in [-0.3, -0.25) is 0 Å². The quantitative estimate of drug-likeness (QED) is 0.579. The van der Waals surface area contributed by atoms with E-state index in [2.05, 4.69) is 33.8 Å². The number of phenolic OH excluding ortho intramolecular Hbond substituents is 1. The van der Waals surface area contributed by atoms with Crippen LogP contribution in [0.5, 0.6) is 5.75 Å². The minimum absolute atomic E-state index is 0.106. The first-order valence-electron chi connectivity index (χ1n) is 8.28. The molecular formula is C19H32O. The second-order valence-corrected chi connectivity index (χ2v) is 6.92. The van der Waals surface area contributed by atoms with Crippen LogP contribution in [0, 0.1) is 0 Å². The Bertz CT molecular complexity index is 387. The molecule has 0 amide bonds. The molecule has 1 rings (SSSR count). The summed E-state index contributed by atoms with van der Waals surface area (Å²) in [5, 5.41) is 10.1. The van der Waals surface area contributed by atoms with Crippen LogP contribution in [-0.4, -0.2) is 5.11 Å². The molecule has 0 aromatic heterocycles. The summed E-state index contributed by atoms with van der Waals surface area (Å²) in [4.78, 5) is 0. The monoisotopic (exact) mass is 276 g/mol. The van der Waals surface area contributed by atoms with Crippen molar-refractivity contribution < 1.29 is 5.11 Å². The summed E-state index contributed by atoms with van der Waals surface area (Å²) < 4.78 is 0. The smallest absolute Gasteiger partial charge is 0.119 e. The van der Waals surface area contributed by atoms with Gasteiger partial charge >= 0.3 is 0 Å². The van der Waals surface area contributed by atoms with E-state index in [0.29, 0.717) is 5.75 Å². The van der Waals surface area contributed by atoms with Gasteiger partial charge in [0, 0.05) is 0 Å². The summed E-state index contributed by atoms with van der Waals surface area (Å²) in [5.41, 5.74) is 2.56. The molecule has 0 saturated carbocycles. The van der Waals surface area contributed by atoms with E-state index in [1.54, 1.807) is 0 Å². The highest BCUT2D eigenvalue weighted by molar-refractivity contribution is 5.42. The Kier molecular flexibility index (Phi) is 7.12. The molecule has 114 valence electrons. The lowest BCUT2D eigenvalue weighted by molar-refractivity contribution is 0.459. The van der Waals surface area contributed by atoms with E-state index in [4.69, 9.17) is 0 Å². The number of aromatic hydroxyl groups is 1. The zero-order valence-electron chi connectivity index (χ0n) is 13.8. The summed E-state index contributed by atoms with van der Waals surface area (Å²) in [6.07, 6.45) is 10.2. The highest BCUT2D eigenvalue weighted by atomic mass is 16.3. The summed E-state index contributed by atoms with van der Waals surface area (Å²) in [7, 11) is 0. The molecule has 20 heavy (non-hydrogen) atoms. The topological polar surface area (TPSA) is 20.2 Å². The largest absolute Gasteiger partial charge is 0.508 e. The van der Waals surface area contributed by atoms with Gasteiger partial charge < -0.3 is 5.11 Å². The number of phenols is 1. The molecule has 0 radical (unpaired) electrons. The molecule has 0 aliphatic rings. The molecule has 0 saturated heterocycles.